The van der Waals surface area contributed by atoms with Crippen LogP contribution in [0.25, 0.3) is 22.0 Å². The lowest BCUT2D eigenvalue weighted by atomic mass is 9.91. The maximum absolute atomic E-state index is 13.9. The minimum atomic E-state index is -4.52. The highest BCUT2D eigenvalue weighted by molar-refractivity contribution is 5.98. The molecule has 0 unspecified atom stereocenters. The molecule has 0 spiro atoms. The Morgan fingerprint density at radius 3 is 2.24 bits per heavy atom. The lowest BCUT2D eigenvalue weighted by molar-refractivity contribution is -0.140. The van der Waals surface area contributed by atoms with Crippen LogP contribution in [0, 0.1) is 11.8 Å². The Balaban J connectivity index is 1.56. The minimum absolute atomic E-state index is 0.0768. The highest BCUT2D eigenvalue weighted by Crippen LogP contribution is 2.39. The average molecular weight is 550 g/mol. The van der Waals surface area contributed by atoms with Crippen molar-refractivity contribution in [3.63, 3.8) is 0 Å². The number of carbonyl (C=O) groups excluding carboxylic acids is 1. The fourth-order valence-corrected chi connectivity index (χ4v) is 4.83. The molecule has 0 fully saturated rings. The molecule has 5 aromatic rings. The fourth-order valence-electron chi connectivity index (χ4n) is 4.83. The van der Waals surface area contributed by atoms with Gasteiger partial charge in [-0.15, -0.1) is 0 Å². The average Bonchev–Trinajstić information content (AvgIpc) is 2.98. The van der Waals surface area contributed by atoms with Gasteiger partial charge in [-0.25, -0.2) is 0 Å². The molecule has 0 atom stereocenters. The van der Waals surface area contributed by atoms with Crippen molar-refractivity contribution in [3.05, 3.63) is 137 Å². The molecule has 1 heterocycles. The molecule has 0 aliphatic rings. The van der Waals surface area contributed by atoms with Gasteiger partial charge in [-0.2, -0.15) is 13.2 Å². The Labute approximate surface area is 236 Å². The van der Waals surface area contributed by atoms with Crippen LogP contribution in [0.15, 0.2) is 103 Å². The van der Waals surface area contributed by atoms with Gasteiger partial charge in [-0.05, 0) is 71.0 Å². The standard InChI is InChI=1S/C35H26F3NO2/c1-41-32(40)19-18-26-11-5-10-25(20-26)16-17-27-12-6-13-28(21-27)33-29(22-24-8-3-2-4-9-24)23-39-34-30(33)14-7-15-31(34)35(36,37)38/h2-15,20-21,23H,18-19,22H2,1H3. The van der Waals surface area contributed by atoms with Gasteiger partial charge in [0.25, 0.3) is 0 Å². The molecule has 5 rings (SSSR count). The Kier molecular flexibility index (Phi) is 8.16. The summed E-state index contributed by atoms with van der Waals surface area (Å²) >= 11 is 0. The van der Waals surface area contributed by atoms with E-state index in [0.717, 1.165) is 39.4 Å². The van der Waals surface area contributed by atoms with Crippen LogP contribution in [0.1, 0.15) is 39.8 Å². The van der Waals surface area contributed by atoms with E-state index in [1.54, 1.807) is 12.3 Å². The molecule has 0 radical (unpaired) electrons. The first-order valence-electron chi connectivity index (χ1n) is 13.1. The molecule has 0 saturated heterocycles. The van der Waals surface area contributed by atoms with Crippen molar-refractivity contribution in [2.24, 2.45) is 0 Å². The zero-order valence-corrected chi connectivity index (χ0v) is 22.3. The van der Waals surface area contributed by atoms with Crippen molar-refractivity contribution in [3.8, 4) is 23.0 Å². The molecule has 0 aliphatic carbocycles. The topological polar surface area (TPSA) is 39.2 Å². The molecule has 41 heavy (non-hydrogen) atoms. The smallest absolute Gasteiger partial charge is 0.418 e. The molecule has 0 bridgehead atoms. The van der Waals surface area contributed by atoms with Crippen LogP contribution in [-0.2, 0) is 28.5 Å². The second-order valence-electron chi connectivity index (χ2n) is 9.63. The lowest BCUT2D eigenvalue weighted by Gasteiger charge is -2.16. The number of ether oxygens (including phenoxy) is 1. The van der Waals surface area contributed by atoms with E-state index in [0.29, 0.717) is 23.8 Å². The molecule has 3 nitrogen and oxygen atoms in total. The van der Waals surface area contributed by atoms with E-state index >= 15 is 0 Å². The van der Waals surface area contributed by atoms with Gasteiger partial charge >= 0.3 is 12.1 Å². The number of alkyl halides is 3. The van der Waals surface area contributed by atoms with Gasteiger partial charge < -0.3 is 4.74 Å². The van der Waals surface area contributed by atoms with Gasteiger partial charge in [0.2, 0.25) is 0 Å². The van der Waals surface area contributed by atoms with Crippen molar-refractivity contribution in [1.82, 2.24) is 4.98 Å². The highest BCUT2D eigenvalue weighted by Gasteiger charge is 2.33. The van der Waals surface area contributed by atoms with Gasteiger partial charge in [-0.1, -0.05) is 78.6 Å². The largest absolute Gasteiger partial charge is 0.469 e. The van der Waals surface area contributed by atoms with Crippen LogP contribution < -0.4 is 0 Å². The van der Waals surface area contributed by atoms with Gasteiger partial charge in [0.05, 0.1) is 18.2 Å². The molecule has 4 aromatic carbocycles. The Morgan fingerprint density at radius 1 is 0.829 bits per heavy atom. The number of methoxy groups -OCH3 is 1. The monoisotopic (exact) mass is 549 g/mol. The number of rotatable bonds is 6. The van der Waals surface area contributed by atoms with E-state index in [2.05, 4.69) is 16.8 Å². The minimum Gasteiger partial charge on any atom is -0.469 e. The lowest BCUT2D eigenvalue weighted by Crippen LogP contribution is -2.07. The predicted molar refractivity (Wildman–Crippen MR) is 154 cm³/mol. The molecule has 0 N–H and O–H groups in total. The maximum atomic E-state index is 13.9. The number of halogens is 3. The maximum Gasteiger partial charge on any atom is 0.418 e. The van der Waals surface area contributed by atoms with E-state index in [1.165, 1.54) is 13.2 Å². The SMILES string of the molecule is COC(=O)CCc1cccc(C#Cc2cccc(-c3c(Cc4ccccc4)cnc4c(C(F)(F)F)cccc34)c2)c1. The third-order valence-corrected chi connectivity index (χ3v) is 6.79. The van der Waals surface area contributed by atoms with Crippen molar-refractivity contribution in [2.75, 3.05) is 7.11 Å². The van der Waals surface area contributed by atoms with Crippen LogP contribution in [0.3, 0.4) is 0 Å². The number of benzene rings is 4. The quantitative estimate of drug-likeness (QED) is 0.159. The van der Waals surface area contributed by atoms with Crippen LogP contribution in [0.4, 0.5) is 13.2 Å². The van der Waals surface area contributed by atoms with Crippen LogP contribution in [-0.4, -0.2) is 18.1 Å². The molecule has 0 saturated carbocycles. The third-order valence-electron chi connectivity index (χ3n) is 6.79. The van der Waals surface area contributed by atoms with E-state index < -0.39 is 11.7 Å². The summed E-state index contributed by atoms with van der Waals surface area (Å²) in [5.74, 6) is 6.10. The molecule has 1 aromatic heterocycles. The number of pyridine rings is 1. The number of nitrogens with zero attached hydrogens (tertiary/aromatic N) is 1. The van der Waals surface area contributed by atoms with Crippen molar-refractivity contribution >= 4 is 16.9 Å². The number of hydrogen-bond donors (Lipinski definition) is 0. The van der Waals surface area contributed by atoms with Gasteiger partial charge in [0.15, 0.2) is 0 Å². The van der Waals surface area contributed by atoms with Gasteiger partial charge in [0.1, 0.15) is 0 Å². The molecular formula is C35H26F3NO2. The van der Waals surface area contributed by atoms with Crippen molar-refractivity contribution in [2.45, 2.75) is 25.4 Å². The van der Waals surface area contributed by atoms with Gasteiger partial charge in [0, 0.05) is 29.1 Å². The molecule has 204 valence electrons. The first-order chi connectivity index (χ1) is 19.8. The number of para-hydroxylation sites is 1. The third kappa shape index (κ3) is 6.64. The van der Waals surface area contributed by atoms with Crippen LogP contribution >= 0.6 is 0 Å². The molecule has 0 aliphatic heterocycles. The van der Waals surface area contributed by atoms with Crippen LogP contribution in [0.2, 0.25) is 0 Å². The van der Waals surface area contributed by atoms with E-state index in [-0.39, 0.29) is 17.9 Å². The van der Waals surface area contributed by atoms with Crippen molar-refractivity contribution in [1.29, 1.82) is 0 Å². The summed E-state index contributed by atoms with van der Waals surface area (Å²) in [6.07, 6.45) is -1.61. The first-order valence-corrected chi connectivity index (χ1v) is 13.1. The molecular weight excluding hydrogens is 523 g/mol. The second kappa shape index (κ2) is 12.1. The number of hydrogen-bond acceptors (Lipinski definition) is 3. The summed E-state index contributed by atoms with van der Waals surface area (Å²) in [6, 6.07) is 29.2. The molecule has 0 amide bonds. The number of aryl methyl sites for hydroxylation is 1. The summed E-state index contributed by atoms with van der Waals surface area (Å²) in [5, 5.41) is 0.441. The first kappa shape index (κ1) is 27.7. The summed E-state index contributed by atoms with van der Waals surface area (Å²) in [5.41, 5.74) is 5.00. The number of aromatic nitrogens is 1. The van der Waals surface area contributed by atoms with Gasteiger partial charge in [-0.3, -0.25) is 9.78 Å². The Bertz CT molecular complexity index is 1770. The highest BCUT2D eigenvalue weighted by atomic mass is 19.4. The normalized spacial score (nSPS) is 11.1. The summed E-state index contributed by atoms with van der Waals surface area (Å²) in [6.45, 7) is 0. The summed E-state index contributed by atoms with van der Waals surface area (Å²) in [4.78, 5) is 15.8. The summed E-state index contributed by atoms with van der Waals surface area (Å²) in [7, 11) is 1.37. The van der Waals surface area contributed by atoms with Crippen molar-refractivity contribution < 1.29 is 22.7 Å². The van der Waals surface area contributed by atoms with E-state index in [4.69, 9.17) is 4.74 Å². The van der Waals surface area contributed by atoms with E-state index in [1.807, 2.05) is 78.9 Å². The zero-order chi connectivity index (χ0) is 28.8. The number of esters is 1. The summed E-state index contributed by atoms with van der Waals surface area (Å²) < 4.78 is 46.4. The molecule has 6 heteroatoms. The predicted octanol–water partition coefficient (Wildman–Crippen LogP) is 8.02. The second-order valence-corrected chi connectivity index (χ2v) is 9.63. The van der Waals surface area contributed by atoms with Crippen LogP contribution in [0.5, 0.6) is 0 Å². The zero-order valence-electron chi connectivity index (χ0n) is 22.3. The fraction of sp³-hybridized carbons (Fsp3) is 0.143. The Morgan fingerprint density at radius 2 is 1.51 bits per heavy atom. The number of fused-ring (bicyclic) bond motifs is 1. The van der Waals surface area contributed by atoms with E-state index in [9.17, 15) is 18.0 Å². The number of carbonyl (C=O) groups is 1. The Hall–Kier alpha value is -4.89.